The van der Waals surface area contributed by atoms with Crippen LogP contribution in [0.2, 0.25) is 19.6 Å². The fourth-order valence-electron chi connectivity index (χ4n) is 0.267. The molecule has 60 valence electrons. The van der Waals surface area contributed by atoms with E-state index in [-0.39, 0.29) is 0 Å². The van der Waals surface area contributed by atoms with E-state index in [4.69, 9.17) is 33.2 Å². The molecule has 0 spiro atoms. The quantitative estimate of drug-likeness (QED) is 0.396. The second-order valence-electron chi connectivity index (χ2n) is 3.09. The molecule has 10 heavy (non-hydrogen) atoms. The van der Waals surface area contributed by atoms with Crippen molar-refractivity contribution in [1.29, 1.82) is 0 Å². The average molecular weight is 235 g/mol. The van der Waals surface area contributed by atoms with Gasteiger partial charge in [0.1, 0.15) is 0 Å². The van der Waals surface area contributed by atoms with E-state index in [1.165, 1.54) is 0 Å². The maximum Gasteiger partial charge on any atom is 0.472 e. The van der Waals surface area contributed by atoms with Crippen molar-refractivity contribution in [1.82, 2.24) is 0 Å². The summed E-state index contributed by atoms with van der Waals surface area (Å²) in [5.41, 5.74) is 0. The van der Waals surface area contributed by atoms with Crippen LogP contribution in [-0.4, -0.2) is 20.1 Å². The summed E-state index contributed by atoms with van der Waals surface area (Å²) in [4.78, 5) is 0. The molecular formula is C4H10Cl3NSi2. The summed E-state index contributed by atoms with van der Waals surface area (Å²) in [7, 11) is -1.28. The van der Waals surface area contributed by atoms with Crippen molar-refractivity contribution in [2.75, 3.05) is 0 Å². The Balaban J connectivity index is 4.01. The van der Waals surface area contributed by atoms with Crippen LogP contribution in [0.15, 0.2) is 4.66 Å². The first-order valence-electron chi connectivity index (χ1n) is 2.84. The summed E-state index contributed by atoms with van der Waals surface area (Å²) in [5, 5.41) is 0. The van der Waals surface area contributed by atoms with Crippen molar-refractivity contribution in [3.05, 3.63) is 0 Å². The minimum atomic E-state index is -2.75. The van der Waals surface area contributed by atoms with E-state index in [1.54, 1.807) is 0 Å². The van der Waals surface area contributed by atoms with Crippen LogP contribution in [0.4, 0.5) is 0 Å². The molecule has 0 unspecified atom stereocenters. The van der Waals surface area contributed by atoms with E-state index >= 15 is 0 Å². The minimum Gasteiger partial charge on any atom is -0.292 e. The van der Waals surface area contributed by atoms with E-state index in [1.807, 2.05) is 5.84 Å². The largest absolute Gasteiger partial charge is 0.472 e. The molecule has 0 aliphatic heterocycles. The van der Waals surface area contributed by atoms with Gasteiger partial charge < -0.3 is 0 Å². The average Bonchev–Trinajstić information content (AvgIpc) is 1.57. The number of halogens is 3. The first-order valence-corrected chi connectivity index (χ1v) is 11.4. The number of rotatable bonds is 2. The third kappa shape index (κ3) is 8.97. The molecule has 0 heterocycles. The van der Waals surface area contributed by atoms with E-state index < -0.39 is 14.2 Å². The maximum atomic E-state index is 5.53. The molecule has 0 N–H and O–H groups in total. The molecule has 0 aromatic carbocycles. The third-order valence-corrected chi connectivity index (χ3v) is 3.06. The smallest absolute Gasteiger partial charge is 0.292 e. The van der Waals surface area contributed by atoms with Crippen molar-refractivity contribution in [3.63, 3.8) is 0 Å². The molecule has 0 atom stereocenters. The molecule has 0 bridgehead atoms. The Bertz CT molecular complexity index is 118. The SMILES string of the molecule is C[Si](C)(C)C=N[Si](Cl)(Cl)Cl. The molecule has 0 radical (unpaired) electrons. The highest BCUT2D eigenvalue weighted by molar-refractivity contribution is 7.64. The van der Waals surface area contributed by atoms with Crippen LogP contribution in [0.25, 0.3) is 0 Å². The summed E-state index contributed by atoms with van der Waals surface area (Å²) in [6, 6.07) is 0. The fourth-order valence-corrected chi connectivity index (χ4v) is 3.72. The Morgan fingerprint density at radius 1 is 1.10 bits per heavy atom. The highest BCUT2D eigenvalue weighted by atomic mass is 35.8. The molecule has 0 rings (SSSR count). The Morgan fingerprint density at radius 3 is 1.60 bits per heavy atom. The molecule has 6 heteroatoms. The second-order valence-corrected chi connectivity index (χ2v) is 15.9. The number of nitrogens with zero attached hydrogens (tertiary/aromatic N) is 1. The molecule has 1 nitrogen and oxygen atoms in total. The summed E-state index contributed by atoms with van der Waals surface area (Å²) >= 11 is 16.6. The van der Waals surface area contributed by atoms with Crippen molar-refractivity contribution in [2.24, 2.45) is 4.66 Å². The normalized spacial score (nSPS) is 14.6. The van der Waals surface area contributed by atoms with Gasteiger partial charge in [0.2, 0.25) is 0 Å². The van der Waals surface area contributed by atoms with Crippen LogP contribution < -0.4 is 0 Å². The minimum absolute atomic E-state index is 1.28. The Hall–Kier alpha value is 0.974. The Morgan fingerprint density at radius 2 is 1.50 bits per heavy atom. The lowest BCUT2D eigenvalue weighted by Crippen LogP contribution is -2.24. The lowest BCUT2D eigenvalue weighted by atomic mass is 11.7. The summed E-state index contributed by atoms with van der Waals surface area (Å²) < 4.78 is 3.90. The second kappa shape index (κ2) is 3.58. The van der Waals surface area contributed by atoms with Gasteiger partial charge in [0, 0.05) is 0 Å². The third-order valence-electron chi connectivity index (χ3n) is 0.598. The van der Waals surface area contributed by atoms with E-state index in [2.05, 4.69) is 24.3 Å². The maximum absolute atomic E-state index is 5.53. The van der Waals surface area contributed by atoms with Gasteiger partial charge in [-0.2, -0.15) is 0 Å². The fraction of sp³-hybridized carbons (Fsp3) is 0.750. The lowest BCUT2D eigenvalue weighted by molar-refractivity contribution is 1.80. The zero-order chi connectivity index (χ0) is 8.41. The van der Waals surface area contributed by atoms with Crippen LogP contribution in [0, 0.1) is 0 Å². The lowest BCUT2D eigenvalue weighted by Gasteiger charge is -2.08. The van der Waals surface area contributed by atoms with Gasteiger partial charge in [-0.25, -0.2) is 0 Å². The van der Waals surface area contributed by atoms with Gasteiger partial charge in [-0.05, 0) is 5.84 Å². The first kappa shape index (κ1) is 11.0. The van der Waals surface area contributed by atoms with Gasteiger partial charge >= 0.3 is 6.16 Å². The molecule has 0 aliphatic rings. The predicted octanol–water partition coefficient (Wildman–Crippen LogP) is 3.09. The van der Waals surface area contributed by atoms with Crippen LogP contribution in [0.5, 0.6) is 0 Å². The van der Waals surface area contributed by atoms with E-state index in [0.717, 1.165) is 0 Å². The zero-order valence-corrected chi connectivity index (χ0v) is 10.4. The van der Waals surface area contributed by atoms with Crippen molar-refractivity contribution in [2.45, 2.75) is 19.6 Å². The van der Waals surface area contributed by atoms with Gasteiger partial charge in [0.25, 0.3) is 0 Å². The number of hydrogen-bond donors (Lipinski definition) is 0. The van der Waals surface area contributed by atoms with Crippen LogP contribution in [-0.2, 0) is 0 Å². The van der Waals surface area contributed by atoms with Crippen molar-refractivity contribution < 1.29 is 0 Å². The summed E-state index contributed by atoms with van der Waals surface area (Å²) in [5.74, 6) is 1.83. The van der Waals surface area contributed by atoms with Crippen molar-refractivity contribution in [3.8, 4) is 0 Å². The van der Waals surface area contributed by atoms with E-state index in [9.17, 15) is 0 Å². The molecule has 0 aromatic heterocycles. The van der Waals surface area contributed by atoms with Gasteiger partial charge in [-0.1, -0.05) is 19.6 Å². The molecular weight excluding hydrogens is 225 g/mol. The molecule has 0 fully saturated rings. The first-order chi connectivity index (χ1) is 4.21. The highest BCUT2D eigenvalue weighted by Crippen LogP contribution is 2.20. The standard InChI is InChI=1S/C4H10Cl3NSi2/c1-9(2,3)4-8-10(5,6)7/h4H,1-3H3. The van der Waals surface area contributed by atoms with Crippen LogP contribution in [0.3, 0.4) is 0 Å². The van der Waals surface area contributed by atoms with Crippen LogP contribution in [0.1, 0.15) is 0 Å². The Labute approximate surface area is 77.6 Å². The van der Waals surface area contributed by atoms with E-state index in [0.29, 0.717) is 0 Å². The molecule has 0 saturated heterocycles. The zero-order valence-electron chi connectivity index (χ0n) is 6.16. The topological polar surface area (TPSA) is 12.4 Å². The molecule has 0 amide bonds. The highest BCUT2D eigenvalue weighted by Gasteiger charge is 2.24. The number of hydrogen-bond acceptors (Lipinski definition) is 1. The summed E-state index contributed by atoms with van der Waals surface area (Å²) in [6.07, 6.45) is -2.75. The molecule has 0 aromatic rings. The summed E-state index contributed by atoms with van der Waals surface area (Å²) in [6.45, 7) is 6.42. The van der Waals surface area contributed by atoms with Gasteiger partial charge in [0.15, 0.2) is 0 Å². The molecule has 0 aliphatic carbocycles. The molecule has 0 saturated carbocycles. The van der Waals surface area contributed by atoms with Gasteiger partial charge in [-0.3, -0.25) is 4.66 Å². The Kier molecular flexibility index (Phi) is 3.93. The predicted molar refractivity (Wildman–Crippen MR) is 55.2 cm³/mol. The monoisotopic (exact) mass is 233 g/mol. The van der Waals surface area contributed by atoms with Gasteiger partial charge in [0.05, 0.1) is 8.07 Å². The van der Waals surface area contributed by atoms with Crippen LogP contribution >= 0.6 is 33.2 Å². The van der Waals surface area contributed by atoms with Gasteiger partial charge in [-0.15, -0.1) is 33.2 Å². The van der Waals surface area contributed by atoms with Crippen molar-refractivity contribution >= 4 is 53.3 Å².